The van der Waals surface area contributed by atoms with Crippen LogP contribution >= 0.6 is 24.0 Å². The molecule has 1 aliphatic heterocycles. The van der Waals surface area contributed by atoms with Crippen LogP contribution in [0.2, 0.25) is 0 Å². The molecule has 0 N–H and O–H groups in total. The molecule has 1 fully saturated rings. The fraction of sp³-hybridized carbons (Fsp3) is 0.625. The Bertz CT molecular complexity index is 253. The number of hydrogen-bond acceptors (Lipinski definition) is 4. The highest BCUT2D eigenvalue weighted by molar-refractivity contribution is 7.79. The van der Waals surface area contributed by atoms with Crippen LogP contribution in [-0.4, -0.2) is 18.1 Å². The zero-order valence-corrected chi connectivity index (χ0v) is 8.57. The zero-order valence-electron chi connectivity index (χ0n) is 6.86. The molecule has 12 heavy (non-hydrogen) atoms. The van der Waals surface area contributed by atoms with Crippen LogP contribution in [0.1, 0.15) is 17.7 Å². The standard InChI is InChI=1S/C8H12N2S2/c11-6-7-5-9-8(12-7)10-3-1-2-4-10/h5,11H,1-4,6H2. The zero-order chi connectivity index (χ0) is 8.39. The van der Waals surface area contributed by atoms with Crippen LogP contribution in [0.3, 0.4) is 0 Å². The van der Waals surface area contributed by atoms with Gasteiger partial charge in [-0.15, -0.1) is 11.3 Å². The topological polar surface area (TPSA) is 16.1 Å². The SMILES string of the molecule is SCc1cnc(N2CCCC2)s1. The summed E-state index contributed by atoms with van der Waals surface area (Å²) in [5.74, 6) is 0.811. The number of rotatable bonds is 2. The van der Waals surface area contributed by atoms with Gasteiger partial charge in [-0.05, 0) is 12.8 Å². The van der Waals surface area contributed by atoms with E-state index in [0.29, 0.717) is 0 Å². The maximum atomic E-state index is 4.36. The van der Waals surface area contributed by atoms with Crippen molar-refractivity contribution in [2.75, 3.05) is 18.0 Å². The molecule has 1 aromatic rings. The number of hydrogen-bond donors (Lipinski definition) is 1. The second-order valence-corrected chi connectivity index (χ2v) is 4.37. The molecular formula is C8H12N2S2. The predicted octanol–water partition coefficient (Wildman–Crippen LogP) is 2.17. The third kappa shape index (κ3) is 1.59. The van der Waals surface area contributed by atoms with E-state index in [2.05, 4.69) is 22.5 Å². The Labute approximate surface area is 82.0 Å². The van der Waals surface area contributed by atoms with Gasteiger partial charge in [-0.1, -0.05) is 0 Å². The Balaban J connectivity index is 2.11. The van der Waals surface area contributed by atoms with Gasteiger partial charge in [0.15, 0.2) is 5.13 Å². The largest absolute Gasteiger partial charge is 0.348 e. The molecule has 4 heteroatoms. The minimum atomic E-state index is 0.811. The van der Waals surface area contributed by atoms with E-state index in [4.69, 9.17) is 0 Å². The highest BCUT2D eigenvalue weighted by Gasteiger charge is 2.14. The molecule has 0 bridgehead atoms. The van der Waals surface area contributed by atoms with Gasteiger partial charge < -0.3 is 4.90 Å². The minimum absolute atomic E-state index is 0.811. The molecule has 2 nitrogen and oxygen atoms in total. The van der Waals surface area contributed by atoms with Crippen LogP contribution in [0.15, 0.2) is 6.20 Å². The molecule has 0 atom stereocenters. The van der Waals surface area contributed by atoms with Crippen LogP contribution < -0.4 is 4.90 Å². The molecule has 0 unspecified atom stereocenters. The summed E-state index contributed by atoms with van der Waals surface area (Å²) >= 11 is 5.99. The summed E-state index contributed by atoms with van der Waals surface area (Å²) in [4.78, 5) is 7.99. The number of thiazole rings is 1. The first-order valence-corrected chi connectivity index (χ1v) is 5.65. The first-order valence-electron chi connectivity index (χ1n) is 4.20. The molecule has 2 heterocycles. The smallest absolute Gasteiger partial charge is 0.185 e. The average Bonchev–Trinajstić information content (AvgIpc) is 2.75. The molecular weight excluding hydrogens is 188 g/mol. The van der Waals surface area contributed by atoms with Crippen molar-refractivity contribution in [2.24, 2.45) is 0 Å². The quantitative estimate of drug-likeness (QED) is 0.737. The van der Waals surface area contributed by atoms with Gasteiger partial charge in [0.2, 0.25) is 0 Å². The summed E-state index contributed by atoms with van der Waals surface area (Å²) in [6, 6.07) is 0. The van der Waals surface area contributed by atoms with Gasteiger partial charge in [0, 0.05) is 29.9 Å². The van der Waals surface area contributed by atoms with E-state index in [9.17, 15) is 0 Å². The van der Waals surface area contributed by atoms with Crippen LogP contribution in [0.4, 0.5) is 5.13 Å². The lowest BCUT2D eigenvalue weighted by Crippen LogP contribution is -2.16. The summed E-state index contributed by atoms with van der Waals surface area (Å²) in [5, 5.41) is 1.18. The van der Waals surface area contributed by atoms with Crippen molar-refractivity contribution in [3.63, 3.8) is 0 Å². The van der Waals surface area contributed by atoms with E-state index < -0.39 is 0 Å². The monoisotopic (exact) mass is 200 g/mol. The highest BCUT2D eigenvalue weighted by atomic mass is 32.1. The van der Waals surface area contributed by atoms with Gasteiger partial charge in [0.25, 0.3) is 0 Å². The Morgan fingerprint density at radius 1 is 1.50 bits per heavy atom. The van der Waals surface area contributed by atoms with E-state index in [-0.39, 0.29) is 0 Å². The molecule has 1 saturated heterocycles. The predicted molar refractivity (Wildman–Crippen MR) is 56.3 cm³/mol. The first-order chi connectivity index (χ1) is 5.90. The Hall–Kier alpha value is -0.220. The molecule has 0 aromatic carbocycles. The summed E-state index contributed by atoms with van der Waals surface area (Å²) < 4.78 is 0. The molecule has 2 rings (SSSR count). The summed E-state index contributed by atoms with van der Waals surface area (Å²) in [7, 11) is 0. The van der Waals surface area contributed by atoms with Crippen LogP contribution in [-0.2, 0) is 5.75 Å². The number of thiol groups is 1. The molecule has 0 amide bonds. The highest BCUT2D eigenvalue weighted by Crippen LogP contribution is 2.26. The van der Waals surface area contributed by atoms with Gasteiger partial charge >= 0.3 is 0 Å². The molecule has 0 saturated carbocycles. The molecule has 1 aliphatic rings. The van der Waals surface area contributed by atoms with E-state index in [0.717, 1.165) is 5.75 Å². The molecule has 66 valence electrons. The van der Waals surface area contributed by atoms with Gasteiger partial charge in [-0.25, -0.2) is 4.98 Å². The number of nitrogens with zero attached hydrogens (tertiary/aromatic N) is 2. The van der Waals surface area contributed by atoms with Gasteiger partial charge in [0.1, 0.15) is 0 Å². The van der Waals surface area contributed by atoms with E-state index in [1.54, 1.807) is 11.3 Å². The minimum Gasteiger partial charge on any atom is -0.348 e. The molecule has 0 aliphatic carbocycles. The van der Waals surface area contributed by atoms with E-state index >= 15 is 0 Å². The maximum absolute atomic E-state index is 4.36. The molecule has 0 spiro atoms. The Morgan fingerprint density at radius 2 is 2.25 bits per heavy atom. The van der Waals surface area contributed by atoms with Crippen molar-refractivity contribution >= 4 is 29.1 Å². The van der Waals surface area contributed by atoms with Gasteiger partial charge in [0.05, 0.1) is 0 Å². The lowest BCUT2D eigenvalue weighted by molar-refractivity contribution is 0.949. The van der Waals surface area contributed by atoms with Crippen molar-refractivity contribution in [3.05, 3.63) is 11.1 Å². The van der Waals surface area contributed by atoms with Crippen molar-refractivity contribution in [1.29, 1.82) is 0 Å². The van der Waals surface area contributed by atoms with Gasteiger partial charge in [-0.3, -0.25) is 0 Å². The fourth-order valence-corrected chi connectivity index (χ4v) is 2.52. The summed E-state index contributed by atoms with van der Waals surface area (Å²) in [5.41, 5.74) is 0. The van der Waals surface area contributed by atoms with Crippen LogP contribution in [0.5, 0.6) is 0 Å². The van der Waals surface area contributed by atoms with Crippen molar-refractivity contribution in [3.8, 4) is 0 Å². The lowest BCUT2D eigenvalue weighted by Gasteiger charge is -2.11. The number of anilines is 1. The Morgan fingerprint density at radius 3 is 2.83 bits per heavy atom. The van der Waals surface area contributed by atoms with Crippen molar-refractivity contribution < 1.29 is 0 Å². The summed E-state index contributed by atoms with van der Waals surface area (Å²) in [6.45, 7) is 2.36. The van der Waals surface area contributed by atoms with E-state index in [1.165, 1.54) is 35.9 Å². The maximum Gasteiger partial charge on any atom is 0.185 e. The lowest BCUT2D eigenvalue weighted by atomic mass is 10.4. The van der Waals surface area contributed by atoms with Crippen LogP contribution in [0, 0.1) is 0 Å². The molecule has 1 aromatic heterocycles. The number of aromatic nitrogens is 1. The van der Waals surface area contributed by atoms with Crippen molar-refractivity contribution in [2.45, 2.75) is 18.6 Å². The second kappa shape index (κ2) is 3.66. The van der Waals surface area contributed by atoms with Gasteiger partial charge in [-0.2, -0.15) is 12.6 Å². The third-order valence-corrected chi connectivity index (χ3v) is 3.69. The first kappa shape index (κ1) is 8.38. The van der Waals surface area contributed by atoms with Crippen molar-refractivity contribution in [1.82, 2.24) is 4.98 Å². The average molecular weight is 200 g/mol. The van der Waals surface area contributed by atoms with E-state index in [1.807, 2.05) is 6.20 Å². The summed E-state index contributed by atoms with van der Waals surface area (Å²) in [6.07, 6.45) is 4.57. The molecule has 0 radical (unpaired) electrons. The second-order valence-electron chi connectivity index (χ2n) is 2.96. The normalized spacial score (nSPS) is 17.2. The third-order valence-electron chi connectivity index (χ3n) is 2.07. The Kier molecular flexibility index (Phi) is 2.56. The van der Waals surface area contributed by atoms with Crippen LogP contribution in [0.25, 0.3) is 0 Å². The fourth-order valence-electron chi connectivity index (χ4n) is 1.42.